The molecule has 0 bridgehead atoms. The number of carbonyl (C=O) groups is 1. The van der Waals surface area contributed by atoms with E-state index in [4.69, 9.17) is 0 Å². The van der Waals surface area contributed by atoms with Crippen LogP contribution in [0.1, 0.15) is 11.3 Å². The fourth-order valence-electron chi connectivity index (χ4n) is 2.26. The molecule has 0 aliphatic heterocycles. The summed E-state index contributed by atoms with van der Waals surface area (Å²) in [7, 11) is 0. The van der Waals surface area contributed by atoms with Crippen LogP contribution in [0.25, 0.3) is 16.6 Å². The van der Waals surface area contributed by atoms with E-state index in [0.717, 1.165) is 21.8 Å². The van der Waals surface area contributed by atoms with E-state index in [0.29, 0.717) is 13.0 Å². The Morgan fingerprint density at radius 1 is 1.12 bits per heavy atom. The van der Waals surface area contributed by atoms with Gasteiger partial charge >= 0.3 is 0 Å². The molecule has 3 aromatic rings. The molecule has 0 spiro atoms. The molecule has 1 heterocycles. The van der Waals surface area contributed by atoms with Crippen molar-refractivity contribution in [3.8, 4) is 10.6 Å². The number of rotatable bonds is 6. The standard InChI is InChI=1S/C20H17FN2OS/c21-17-9-7-16(8-10-17)20-23-18(14-25-20)12-13-22-19(24)11-6-15-4-2-1-3-5-15/h1-11,14H,12-13H2,(H,22,24)/b11-6+. The van der Waals surface area contributed by atoms with Crippen molar-refractivity contribution in [1.29, 1.82) is 0 Å². The lowest BCUT2D eigenvalue weighted by Crippen LogP contribution is -2.23. The van der Waals surface area contributed by atoms with Crippen LogP contribution in [0.5, 0.6) is 0 Å². The topological polar surface area (TPSA) is 42.0 Å². The maximum atomic E-state index is 13.0. The Morgan fingerprint density at radius 3 is 2.64 bits per heavy atom. The molecule has 0 aliphatic carbocycles. The summed E-state index contributed by atoms with van der Waals surface area (Å²) in [5.41, 5.74) is 2.80. The predicted octanol–water partition coefficient (Wildman–Crippen LogP) is 4.32. The van der Waals surface area contributed by atoms with Crippen molar-refractivity contribution in [2.75, 3.05) is 6.54 Å². The van der Waals surface area contributed by atoms with E-state index in [1.165, 1.54) is 29.5 Å². The van der Waals surface area contributed by atoms with Gasteiger partial charge in [-0.2, -0.15) is 0 Å². The molecule has 1 amide bonds. The Morgan fingerprint density at radius 2 is 1.88 bits per heavy atom. The minimum absolute atomic E-state index is 0.127. The molecule has 25 heavy (non-hydrogen) atoms. The molecule has 3 rings (SSSR count). The van der Waals surface area contributed by atoms with Gasteiger partial charge in [0.15, 0.2) is 0 Å². The zero-order chi connectivity index (χ0) is 17.5. The first-order valence-electron chi connectivity index (χ1n) is 7.92. The Balaban J connectivity index is 1.48. The van der Waals surface area contributed by atoms with Gasteiger partial charge < -0.3 is 5.32 Å². The van der Waals surface area contributed by atoms with Gasteiger partial charge in [0.05, 0.1) is 5.69 Å². The molecule has 0 atom stereocenters. The Hall–Kier alpha value is -2.79. The van der Waals surface area contributed by atoms with Crippen molar-refractivity contribution in [3.05, 3.63) is 83.1 Å². The minimum atomic E-state index is -0.258. The number of halogens is 1. The van der Waals surface area contributed by atoms with Crippen LogP contribution in [-0.2, 0) is 11.2 Å². The maximum Gasteiger partial charge on any atom is 0.244 e. The second kappa shape index (κ2) is 8.35. The summed E-state index contributed by atoms with van der Waals surface area (Å²) in [5.74, 6) is -0.385. The van der Waals surface area contributed by atoms with Crippen LogP contribution in [0.4, 0.5) is 4.39 Å². The summed E-state index contributed by atoms with van der Waals surface area (Å²) in [6.07, 6.45) is 3.97. The first kappa shape index (κ1) is 17.0. The van der Waals surface area contributed by atoms with Gasteiger partial charge in [0, 0.05) is 30.0 Å². The SMILES string of the molecule is O=C(/C=C/c1ccccc1)NCCc1csc(-c2ccc(F)cc2)n1. The second-order valence-electron chi connectivity index (χ2n) is 5.44. The molecule has 1 aromatic heterocycles. The highest BCUT2D eigenvalue weighted by molar-refractivity contribution is 7.13. The van der Waals surface area contributed by atoms with E-state index in [1.54, 1.807) is 18.2 Å². The first-order valence-corrected chi connectivity index (χ1v) is 8.80. The maximum absolute atomic E-state index is 13.0. The van der Waals surface area contributed by atoms with Crippen LogP contribution in [0, 0.1) is 5.82 Å². The van der Waals surface area contributed by atoms with Crippen LogP contribution in [0.3, 0.4) is 0 Å². The molecule has 0 saturated heterocycles. The lowest BCUT2D eigenvalue weighted by Gasteiger charge is -2.00. The van der Waals surface area contributed by atoms with Crippen molar-refractivity contribution in [2.24, 2.45) is 0 Å². The van der Waals surface area contributed by atoms with Gasteiger partial charge in [-0.3, -0.25) is 4.79 Å². The predicted molar refractivity (Wildman–Crippen MR) is 99.7 cm³/mol. The highest BCUT2D eigenvalue weighted by atomic mass is 32.1. The van der Waals surface area contributed by atoms with E-state index in [1.807, 2.05) is 35.7 Å². The number of nitrogens with zero attached hydrogens (tertiary/aromatic N) is 1. The second-order valence-corrected chi connectivity index (χ2v) is 6.29. The number of aromatic nitrogens is 1. The number of hydrogen-bond acceptors (Lipinski definition) is 3. The molecule has 1 N–H and O–H groups in total. The molecule has 3 nitrogen and oxygen atoms in total. The molecule has 5 heteroatoms. The number of thiazole rings is 1. The number of benzene rings is 2. The summed E-state index contributed by atoms with van der Waals surface area (Å²) in [4.78, 5) is 16.3. The normalized spacial score (nSPS) is 10.9. The summed E-state index contributed by atoms with van der Waals surface area (Å²) in [5, 5.41) is 5.66. The highest BCUT2D eigenvalue weighted by Crippen LogP contribution is 2.23. The highest BCUT2D eigenvalue weighted by Gasteiger charge is 2.05. The van der Waals surface area contributed by atoms with Crippen LogP contribution < -0.4 is 5.32 Å². The third-order valence-corrected chi connectivity index (χ3v) is 4.49. The molecule has 0 radical (unpaired) electrons. The third-order valence-electron chi connectivity index (χ3n) is 3.55. The number of carbonyl (C=O) groups excluding carboxylic acids is 1. The van der Waals surface area contributed by atoms with Gasteiger partial charge in [0.2, 0.25) is 5.91 Å². The Kier molecular flexibility index (Phi) is 5.69. The van der Waals surface area contributed by atoms with Crippen molar-refractivity contribution < 1.29 is 9.18 Å². The van der Waals surface area contributed by atoms with Crippen LogP contribution in [0.15, 0.2) is 66.1 Å². The smallest absolute Gasteiger partial charge is 0.244 e. The third kappa shape index (κ3) is 5.09. The van der Waals surface area contributed by atoms with Gasteiger partial charge in [-0.15, -0.1) is 11.3 Å². The van der Waals surface area contributed by atoms with Crippen LogP contribution in [-0.4, -0.2) is 17.4 Å². The van der Waals surface area contributed by atoms with Crippen molar-refractivity contribution >= 4 is 23.3 Å². The van der Waals surface area contributed by atoms with E-state index in [2.05, 4.69) is 10.3 Å². The fraction of sp³-hybridized carbons (Fsp3) is 0.100. The van der Waals surface area contributed by atoms with E-state index >= 15 is 0 Å². The van der Waals surface area contributed by atoms with Gasteiger partial charge in [-0.05, 0) is 35.9 Å². The Labute approximate surface area is 149 Å². The zero-order valence-electron chi connectivity index (χ0n) is 13.5. The molecule has 0 fully saturated rings. The minimum Gasteiger partial charge on any atom is -0.352 e. The van der Waals surface area contributed by atoms with E-state index in [-0.39, 0.29) is 11.7 Å². The lowest BCUT2D eigenvalue weighted by molar-refractivity contribution is -0.116. The fourth-order valence-corrected chi connectivity index (χ4v) is 3.12. The molecular weight excluding hydrogens is 335 g/mol. The van der Waals surface area contributed by atoms with Crippen LogP contribution in [0.2, 0.25) is 0 Å². The van der Waals surface area contributed by atoms with E-state index in [9.17, 15) is 9.18 Å². The van der Waals surface area contributed by atoms with Gasteiger partial charge in [-0.25, -0.2) is 9.37 Å². The average molecular weight is 352 g/mol. The van der Waals surface area contributed by atoms with Gasteiger partial charge in [0.25, 0.3) is 0 Å². The first-order chi connectivity index (χ1) is 12.2. The van der Waals surface area contributed by atoms with E-state index < -0.39 is 0 Å². The zero-order valence-corrected chi connectivity index (χ0v) is 14.3. The average Bonchev–Trinajstić information content (AvgIpc) is 3.10. The number of amides is 1. The number of nitrogens with one attached hydrogen (secondary N) is 1. The van der Waals surface area contributed by atoms with Gasteiger partial charge in [0.1, 0.15) is 10.8 Å². The molecule has 0 unspecified atom stereocenters. The molecule has 0 aliphatic rings. The Bertz CT molecular complexity index is 857. The summed E-state index contributed by atoms with van der Waals surface area (Å²) in [6.45, 7) is 0.518. The summed E-state index contributed by atoms with van der Waals surface area (Å²) in [6, 6.07) is 16.0. The quantitative estimate of drug-likeness (QED) is 0.671. The molecule has 2 aromatic carbocycles. The largest absolute Gasteiger partial charge is 0.352 e. The molecule has 126 valence electrons. The summed E-state index contributed by atoms with van der Waals surface area (Å²) >= 11 is 1.51. The van der Waals surface area contributed by atoms with Crippen molar-refractivity contribution in [2.45, 2.75) is 6.42 Å². The van der Waals surface area contributed by atoms with Crippen molar-refractivity contribution in [1.82, 2.24) is 10.3 Å². The molecule has 0 saturated carbocycles. The summed E-state index contributed by atoms with van der Waals surface area (Å²) < 4.78 is 13.0. The van der Waals surface area contributed by atoms with Crippen molar-refractivity contribution in [3.63, 3.8) is 0 Å². The lowest BCUT2D eigenvalue weighted by atomic mass is 10.2. The van der Waals surface area contributed by atoms with Crippen LogP contribution >= 0.6 is 11.3 Å². The van der Waals surface area contributed by atoms with Gasteiger partial charge in [-0.1, -0.05) is 30.3 Å². The monoisotopic (exact) mass is 352 g/mol. The molecular formula is C20H17FN2OS. The number of hydrogen-bond donors (Lipinski definition) is 1.